The normalized spacial score (nSPS) is 21.2. The van der Waals surface area contributed by atoms with E-state index < -0.39 is 23.7 Å². The first-order valence-corrected chi connectivity index (χ1v) is 4.48. The summed E-state index contributed by atoms with van der Waals surface area (Å²) in [5.41, 5.74) is 5.38. The third-order valence-corrected chi connectivity index (χ3v) is 2.27. The number of halogens is 1. The summed E-state index contributed by atoms with van der Waals surface area (Å²) in [6.07, 6.45) is -0.0623. The number of nitrogens with zero attached hydrogens (tertiary/aromatic N) is 1. The Kier molecular flexibility index (Phi) is 2.24. The molecular weight excluding hydrogens is 199 g/mol. The lowest BCUT2D eigenvalue weighted by Crippen LogP contribution is -2.35. The molecule has 1 fully saturated rings. The van der Waals surface area contributed by atoms with E-state index in [2.05, 4.69) is 0 Å². The summed E-state index contributed by atoms with van der Waals surface area (Å²) >= 11 is 0. The van der Waals surface area contributed by atoms with Crippen LogP contribution in [0.3, 0.4) is 0 Å². The molecule has 2 N–H and O–H groups in total. The number of nitrogens with two attached hydrogens (primary N) is 1. The summed E-state index contributed by atoms with van der Waals surface area (Å²) in [7, 11) is 0. The smallest absolute Gasteiger partial charge is 0.251 e. The van der Waals surface area contributed by atoms with Crippen LogP contribution in [0.25, 0.3) is 0 Å². The van der Waals surface area contributed by atoms with Gasteiger partial charge in [-0.25, -0.2) is 9.29 Å². The first-order valence-electron chi connectivity index (χ1n) is 4.48. The Labute approximate surface area is 85.5 Å². The van der Waals surface area contributed by atoms with Gasteiger partial charge in [0.1, 0.15) is 5.82 Å². The molecule has 78 valence electrons. The predicted molar refractivity (Wildman–Crippen MR) is 51.5 cm³/mol. The summed E-state index contributed by atoms with van der Waals surface area (Å²) in [6.45, 7) is 0. The molecule has 5 heteroatoms. The fraction of sp³-hybridized carbons (Fsp3) is 0.200. The molecule has 4 nitrogen and oxygen atoms in total. The number of carbonyl (C=O) groups is 2. The van der Waals surface area contributed by atoms with Crippen molar-refractivity contribution in [1.29, 1.82) is 0 Å². The second-order valence-corrected chi connectivity index (χ2v) is 3.33. The Hall–Kier alpha value is -1.75. The third kappa shape index (κ3) is 1.50. The minimum atomic E-state index is -0.850. The molecule has 0 spiro atoms. The van der Waals surface area contributed by atoms with Gasteiger partial charge in [-0.2, -0.15) is 0 Å². The van der Waals surface area contributed by atoms with Gasteiger partial charge < -0.3 is 5.73 Å². The zero-order valence-electron chi connectivity index (χ0n) is 7.81. The number of hydrogen-bond donors (Lipinski definition) is 1. The maximum atomic E-state index is 13.3. The zero-order valence-corrected chi connectivity index (χ0v) is 7.81. The van der Waals surface area contributed by atoms with E-state index >= 15 is 0 Å². The maximum Gasteiger partial charge on any atom is 0.251 e. The SMILES string of the molecule is N[C@H]1CC(=O)N(c2ccccc2F)C1=O. The monoisotopic (exact) mass is 208 g/mol. The number of imide groups is 1. The molecule has 1 heterocycles. The molecule has 1 aliphatic rings. The van der Waals surface area contributed by atoms with E-state index in [1.807, 2.05) is 0 Å². The highest BCUT2D eigenvalue weighted by Crippen LogP contribution is 2.24. The van der Waals surface area contributed by atoms with Gasteiger partial charge in [0.05, 0.1) is 18.2 Å². The number of hydrogen-bond acceptors (Lipinski definition) is 3. The number of rotatable bonds is 1. The van der Waals surface area contributed by atoms with Crippen molar-refractivity contribution < 1.29 is 14.0 Å². The maximum absolute atomic E-state index is 13.3. The van der Waals surface area contributed by atoms with Gasteiger partial charge in [0.2, 0.25) is 5.91 Å². The van der Waals surface area contributed by atoms with Gasteiger partial charge in [0, 0.05) is 0 Å². The lowest BCUT2D eigenvalue weighted by Gasteiger charge is -2.14. The Morgan fingerprint density at radius 2 is 2.00 bits per heavy atom. The van der Waals surface area contributed by atoms with Crippen molar-refractivity contribution in [2.75, 3.05) is 4.90 Å². The quantitative estimate of drug-likeness (QED) is 0.680. The summed E-state index contributed by atoms with van der Waals surface area (Å²) in [5.74, 6) is -1.61. The van der Waals surface area contributed by atoms with Gasteiger partial charge in [0.15, 0.2) is 0 Å². The van der Waals surface area contributed by atoms with Crippen LogP contribution in [0.2, 0.25) is 0 Å². The average molecular weight is 208 g/mol. The molecule has 2 amide bonds. The molecule has 1 aromatic rings. The molecule has 0 aliphatic carbocycles. The Morgan fingerprint density at radius 1 is 1.33 bits per heavy atom. The van der Waals surface area contributed by atoms with Gasteiger partial charge in [-0.1, -0.05) is 12.1 Å². The zero-order chi connectivity index (χ0) is 11.0. The van der Waals surface area contributed by atoms with E-state index in [-0.39, 0.29) is 12.1 Å². The van der Waals surface area contributed by atoms with Crippen molar-refractivity contribution in [2.24, 2.45) is 5.73 Å². The van der Waals surface area contributed by atoms with Crippen molar-refractivity contribution in [2.45, 2.75) is 12.5 Å². The number of amides is 2. The van der Waals surface area contributed by atoms with Crippen LogP contribution in [0.1, 0.15) is 6.42 Å². The van der Waals surface area contributed by atoms with Crippen molar-refractivity contribution in [3.63, 3.8) is 0 Å². The molecule has 0 saturated carbocycles. The van der Waals surface area contributed by atoms with Crippen molar-refractivity contribution in [1.82, 2.24) is 0 Å². The van der Waals surface area contributed by atoms with Crippen LogP contribution < -0.4 is 10.6 Å². The Balaban J connectivity index is 2.44. The Bertz CT molecular complexity index is 433. The summed E-state index contributed by atoms with van der Waals surface area (Å²) < 4.78 is 13.3. The highest BCUT2D eigenvalue weighted by atomic mass is 19.1. The van der Waals surface area contributed by atoms with E-state index in [1.54, 1.807) is 6.07 Å². The molecule has 1 saturated heterocycles. The van der Waals surface area contributed by atoms with Gasteiger partial charge in [-0.05, 0) is 12.1 Å². The lowest BCUT2D eigenvalue weighted by atomic mass is 10.2. The second kappa shape index (κ2) is 3.43. The largest absolute Gasteiger partial charge is 0.319 e. The van der Waals surface area contributed by atoms with E-state index in [0.29, 0.717) is 0 Å². The minimum absolute atomic E-state index is 0.0274. The first kappa shape index (κ1) is 9.79. The fourth-order valence-electron chi connectivity index (χ4n) is 1.54. The molecule has 1 atom stereocenters. The highest BCUT2D eigenvalue weighted by molar-refractivity contribution is 6.22. The van der Waals surface area contributed by atoms with Crippen molar-refractivity contribution in [3.8, 4) is 0 Å². The van der Waals surface area contributed by atoms with Gasteiger partial charge in [0.25, 0.3) is 5.91 Å². The molecule has 0 bridgehead atoms. The van der Waals surface area contributed by atoms with Crippen molar-refractivity contribution in [3.05, 3.63) is 30.1 Å². The molecule has 15 heavy (non-hydrogen) atoms. The van der Waals surface area contributed by atoms with E-state index in [0.717, 1.165) is 4.90 Å². The van der Waals surface area contributed by atoms with Crippen LogP contribution >= 0.6 is 0 Å². The van der Waals surface area contributed by atoms with Crippen LogP contribution in [0.15, 0.2) is 24.3 Å². The lowest BCUT2D eigenvalue weighted by molar-refractivity contribution is -0.121. The van der Waals surface area contributed by atoms with Gasteiger partial charge in [-0.15, -0.1) is 0 Å². The van der Waals surface area contributed by atoms with E-state index in [4.69, 9.17) is 5.73 Å². The van der Waals surface area contributed by atoms with E-state index in [9.17, 15) is 14.0 Å². The standard InChI is InChI=1S/C10H9FN2O2/c11-6-3-1-2-4-8(6)13-9(14)5-7(12)10(13)15/h1-4,7H,5,12H2/t7-/m0/s1. The second-order valence-electron chi connectivity index (χ2n) is 3.33. The first-order chi connectivity index (χ1) is 7.11. The molecule has 0 radical (unpaired) electrons. The van der Waals surface area contributed by atoms with Crippen LogP contribution in [-0.2, 0) is 9.59 Å². The van der Waals surface area contributed by atoms with E-state index in [1.165, 1.54) is 18.2 Å². The van der Waals surface area contributed by atoms with Gasteiger partial charge in [-0.3, -0.25) is 9.59 Å². The molecule has 2 rings (SSSR count). The van der Waals surface area contributed by atoms with Crippen LogP contribution in [0, 0.1) is 5.82 Å². The number of anilines is 1. The molecule has 0 aromatic heterocycles. The molecule has 1 aliphatic heterocycles. The minimum Gasteiger partial charge on any atom is -0.319 e. The number of carbonyl (C=O) groups excluding carboxylic acids is 2. The van der Waals surface area contributed by atoms with Crippen molar-refractivity contribution >= 4 is 17.5 Å². The summed E-state index contributed by atoms with van der Waals surface area (Å²) in [4.78, 5) is 23.7. The van der Waals surface area contributed by atoms with Crippen LogP contribution in [0.4, 0.5) is 10.1 Å². The predicted octanol–water partition coefficient (Wildman–Crippen LogP) is 0.416. The van der Waals surface area contributed by atoms with Gasteiger partial charge >= 0.3 is 0 Å². The molecule has 1 aromatic carbocycles. The third-order valence-electron chi connectivity index (χ3n) is 2.27. The van der Waals surface area contributed by atoms with Crippen LogP contribution in [0.5, 0.6) is 0 Å². The summed E-state index contributed by atoms with van der Waals surface area (Å²) in [5, 5.41) is 0. The fourth-order valence-corrected chi connectivity index (χ4v) is 1.54. The number of benzene rings is 1. The highest BCUT2D eigenvalue weighted by Gasteiger charge is 2.38. The number of para-hydroxylation sites is 1. The van der Waals surface area contributed by atoms with Crippen LogP contribution in [-0.4, -0.2) is 17.9 Å². The molecular formula is C10H9FN2O2. The topological polar surface area (TPSA) is 63.4 Å². The molecule has 0 unspecified atom stereocenters. The summed E-state index contributed by atoms with van der Waals surface area (Å²) in [6, 6.07) is 4.77. The average Bonchev–Trinajstić information content (AvgIpc) is 2.43. The Morgan fingerprint density at radius 3 is 2.53 bits per heavy atom.